The second kappa shape index (κ2) is 7.17. The number of nitrogens with zero attached hydrogens (tertiary/aromatic N) is 1. The minimum absolute atomic E-state index is 0.0287. The number of rotatable bonds is 4. The van der Waals surface area contributed by atoms with Gasteiger partial charge >= 0.3 is 11.8 Å². The topological polar surface area (TPSA) is 101 Å². The number of nitrogens with one attached hydrogen (secondary N) is 2. The highest BCUT2D eigenvalue weighted by Crippen LogP contribution is 2.23. The first-order valence-electron chi connectivity index (χ1n) is 6.96. The van der Waals surface area contributed by atoms with Crippen molar-refractivity contribution >= 4 is 28.9 Å². The highest BCUT2D eigenvalue weighted by atomic mass is 16.6. The lowest BCUT2D eigenvalue weighted by molar-refractivity contribution is -0.383. The van der Waals surface area contributed by atoms with Gasteiger partial charge in [-0.05, 0) is 30.2 Å². The molecule has 0 spiro atoms. The van der Waals surface area contributed by atoms with Gasteiger partial charge in [-0.3, -0.25) is 19.7 Å². The molecule has 118 valence electrons. The number of aryl methyl sites for hydroxylation is 1. The van der Waals surface area contributed by atoms with Crippen molar-refractivity contribution in [1.29, 1.82) is 0 Å². The van der Waals surface area contributed by atoms with E-state index in [1.54, 1.807) is 12.1 Å². The molecule has 2 N–H and O–H groups in total. The van der Waals surface area contributed by atoms with E-state index in [0.717, 1.165) is 12.0 Å². The Morgan fingerprint density at radius 2 is 1.61 bits per heavy atom. The fourth-order valence-corrected chi connectivity index (χ4v) is 1.93. The number of amides is 2. The molecular formula is C16H15N3O4. The molecule has 0 aliphatic rings. The SMILES string of the molecule is CCc1ccc(NC(=O)C(=O)Nc2ccccc2[N+](=O)[O-])cc1. The molecule has 0 saturated carbocycles. The Labute approximate surface area is 132 Å². The van der Waals surface area contributed by atoms with Crippen LogP contribution in [0.25, 0.3) is 0 Å². The van der Waals surface area contributed by atoms with E-state index in [-0.39, 0.29) is 11.4 Å². The average Bonchev–Trinajstić information content (AvgIpc) is 2.55. The molecule has 2 amide bonds. The molecule has 0 atom stereocenters. The summed E-state index contributed by atoms with van der Waals surface area (Å²) in [4.78, 5) is 34.0. The summed E-state index contributed by atoms with van der Waals surface area (Å²) < 4.78 is 0. The Hall–Kier alpha value is -3.22. The minimum Gasteiger partial charge on any atom is -0.318 e. The predicted molar refractivity (Wildman–Crippen MR) is 86.2 cm³/mol. The van der Waals surface area contributed by atoms with Crippen molar-refractivity contribution in [3.63, 3.8) is 0 Å². The van der Waals surface area contributed by atoms with Crippen LogP contribution in [0, 0.1) is 10.1 Å². The number of nitro groups is 1. The summed E-state index contributed by atoms with van der Waals surface area (Å²) in [5.41, 5.74) is 1.28. The third kappa shape index (κ3) is 4.13. The van der Waals surface area contributed by atoms with Gasteiger partial charge in [0.2, 0.25) is 0 Å². The Morgan fingerprint density at radius 3 is 2.22 bits per heavy atom. The molecule has 0 heterocycles. The molecule has 0 aromatic heterocycles. The zero-order valence-electron chi connectivity index (χ0n) is 12.4. The van der Waals surface area contributed by atoms with E-state index >= 15 is 0 Å². The fraction of sp³-hybridized carbons (Fsp3) is 0.125. The standard InChI is InChI=1S/C16H15N3O4/c1-2-11-7-9-12(10-8-11)17-15(20)16(21)18-13-5-3-4-6-14(13)19(22)23/h3-10H,2H2,1H3,(H,17,20)(H,18,21). The van der Waals surface area contributed by atoms with Gasteiger partial charge in [0.05, 0.1) is 4.92 Å². The van der Waals surface area contributed by atoms with Gasteiger partial charge in [0, 0.05) is 11.8 Å². The quantitative estimate of drug-likeness (QED) is 0.515. The number of para-hydroxylation sites is 2. The van der Waals surface area contributed by atoms with Crippen molar-refractivity contribution in [3.05, 3.63) is 64.2 Å². The zero-order chi connectivity index (χ0) is 16.8. The van der Waals surface area contributed by atoms with Crippen molar-refractivity contribution < 1.29 is 14.5 Å². The summed E-state index contributed by atoms with van der Waals surface area (Å²) in [6, 6.07) is 12.7. The first kappa shape index (κ1) is 16.2. The van der Waals surface area contributed by atoms with Gasteiger partial charge in [-0.1, -0.05) is 31.2 Å². The molecule has 0 fully saturated rings. The van der Waals surface area contributed by atoms with Crippen molar-refractivity contribution in [2.24, 2.45) is 0 Å². The van der Waals surface area contributed by atoms with Gasteiger partial charge < -0.3 is 10.6 Å². The number of hydrogen-bond donors (Lipinski definition) is 2. The Kier molecular flexibility index (Phi) is 5.03. The molecule has 7 heteroatoms. The van der Waals surface area contributed by atoms with E-state index in [4.69, 9.17) is 0 Å². The molecule has 0 aliphatic carbocycles. The fourth-order valence-electron chi connectivity index (χ4n) is 1.93. The van der Waals surface area contributed by atoms with Crippen molar-refractivity contribution in [2.75, 3.05) is 10.6 Å². The van der Waals surface area contributed by atoms with Crippen LogP contribution in [0.15, 0.2) is 48.5 Å². The van der Waals surface area contributed by atoms with E-state index in [1.165, 1.54) is 24.3 Å². The molecule has 2 aromatic rings. The smallest absolute Gasteiger partial charge is 0.314 e. The van der Waals surface area contributed by atoms with Gasteiger partial charge in [-0.15, -0.1) is 0 Å². The molecule has 2 rings (SSSR count). The lowest BCUT2D eigenvalue weighted by Gasteiger charge is -2.07. The lowest BCUT2D eigenvalue weighted by Crippen LogP contribution is -2.29. The van der Waals surface area contributed by atoms with Gasteiger partial charge in [-0.25, -0.2) is 0 Å². The van der Waals surface area contributed by atoms with Gasteiger partial charge in [0.15, 0.2) is 0 Å². The summed E-state index contributed by atoms with van der Waals surface area (Å²) in [7, 11) is 0. The lowest BCUT2D eigenvalue weighted by atomic mass is 10.1. The molecule has 23 heavy (non-hydrogen) atoms. The monoisotopic (exact) mass is 313 g/mol. The van der Waals surface area contributed by atoms with Crippen LogP contribution in [0.4, 0.5) is 17.1 Å². The molecule has 0 radical (unpaired) electrons. The molecule has 0 bridgehead atoms. The predicted octanol–water partition coefficient (Wildman–Crippen LogP) is 2.73. The maximum absolute atomic E-state index is 11.9. The summed E-state index contributed by atoms with van der Waals surface area (Å²) in [6.07, 6.45) is 0.867. The zero-order valence-corrected chi connectivity index (χ0v) is 12.4. The number of anilines is 2. The van der Waals surface area contributed by atoms with Crippen LogP contribution in [0.2, 0.25) is 0 Å². The molecule has 0 aliphatic heterocycles. The van der Waals surface area contributed by atoms with Crippen LogP contribution in [0.5, 0.6) is 0 Å². The molecule has 0 saturated heterocycles. The highest BCUT2D eigenvalue weighted by Gasteiger charge is 2.19. The van der Waals surface area contributed by atoms with Crippen molar-refractivity contribution in [3.8, 4) is 0 Å². The first-order valence-corrected chi connectivity index (χ1v) is 6.96. The molecule has 7 nitrogen and oxygen atoms in total. The summed E-state index contributed by atoms with van der Waals surface area (Å²) >= 11 is 0. The second-order valence-electron chi connectivity index (χ2n) is 4.73. The summed E-state index contributed by atoms with van der Waals surface area (Å²) in [6.45, 7) is 2.01. The second-order valence-corrected chi connectivity index (χ2v) is 4.73. The number of benzene rings is 2. The first-order chi connectivity index (χ1) is 11.0. The Bertz CT molecular complexity index is 741. The number of carbonyl (C=O) groups is 2. The van der Waals surface area contributed by atoms with Crippen LogP contribution in [-0.2, 0) is 16.0 Å². The van der Waals surface area contributed by atoms with Crippen LogP contribution in [0.1, 0.15) is 12.5 Å². The van der Waals surface area contributed by atoms with Crippen molar-refractivity contribution in [2.45, 2.75) is 13.3 Å². The van der Waals surface area contributed by atoms with E-state index in [2.05, 4.69) is 10.6 Å². The van der Waals surface area contributed by atoms with E-state index in [0.29, 0.717) is 5.69 Å². The van der Waals surface area contributed by atoms with Crippen LogP contribution >= 0.6 is 0 Å². The summed E-state index contributed by atoms with van der Waals surface area (Å²) in [5, 5.41) is 15.6. The average molecular weight is 313 g/mol. The maximum atomic E-state index is 11.9. The Morgan fingerprint density at radius 1 is 1.00 bits per heavy atom. The van der Waals surface area contributed by atoms with Gasteiger partial charge in [-0.2, -0.15) is 0 Å². The molecular weight excluding hydrogens is 298 g/mol. The largest absolute Gasteiger partial charge is 0.318 e. The third-order valence-corrected chi connectivity index (χ3v) is 3.18. The number of hydrogen-bond acceptors (Lipinski definition) is 4. The van der Waals surface area contributed by atoms with E-state index in [1.807, 2.05) is 19.1 Å². The molecule has 0 unspecified atom stereocenters. The maximum Gasteiger partial charge on any atom is 0.314 e. The van der Waals surface area contributed by atoms with Crippen LogP contribution in [-0.4, -0.2) is 16.7 Å². The normalized spacial score (nSPS) is 9.96. The van der Waals surface area contributed by atoms with E-state index < -0.39 is 16.7 Å². The minimum atomic E-state index is -0.973. The number of carbonyl (C=O) groups excluding carboxylic acids is 2. The summed E-state index contributed by atoms with van der Waals surface area (Å²) in [5.74, 6) is -1.87. The van der Waals surface area contributed by atoms with Crippen LogP contribution in [0.3, 0.4) is 0 Å². The number of nitro benzene ring substituents is 1. The van der Waals surface area contributed by atoms with Crippen molar-refractivity contribution in [1.82, 2.24) is 0 Å². The Balaban J connectivity index is 2.05. The van der Waals surface area contributed by atoms with Crippen LogP contribution < -0.4 is 10.6 Å². The molecule has 2 aromatic carbocycles. The van der Waals surface area contributed by atoms with Gasteiger partial charge in [0.1, 0.15) is 5.69 Å². The van der Waals surface area contributed by atoms with Gasteiger partial charge in [0.25, 0.3) is 5.69 Å². The highest BCUT2D eigenvalue weighted by molar-refractivity contribution is 6.43. The van der Waals surface area contributed by atoms with E-state index in [9.17, 15) is 19.7 Å². The third-order valence-electron chi connectivity index (χ3n) is 3.18.